The van der Waals surface area contributed by atoms with Gasteiger partial charge in [-0.15, -0.1) is 0 Å². The van der Waals surface area contributed by atoms with Gasteiger partial charge in [-0.25, -0.2) is 9.89 Å². The minimum absolute atomic E-state index is 0.0172. The van der Waals surface area contributed by atoms with Crippen molar-refractivity contribution in [2.75, 3.05) is 36.8 Å². The standard InChI is InChI=1S/C31H36N6O3S/c38-27(32-22-9-3-1-4-10-22)16-15-26-30(40)37-29(33-26)24-13-7-8-14-25(24)34-31(37)41-21-28(39)36-19-17-35(18-20-36)23-11-5-2-6-12-23/h2,5-8,11-14,22,26H,1,3-4,9-10,15-21H2,(H,32,38)/t26-/m0/s1. The highest BCUT2D eigenvalue weighted by Gasteiger charge is 2.41. The van der Waals surface area contributed by atoms with E-state index in [1.54, 1.807) is 4.90 Å². The van der Waals surface area contributed by atoms with E-state index >= 15 is 0 Å². The van der Waals surface area contributed by atoms with Crippen LogP contribution in [0.3, 0.4) is 0 Å². The number of benzene rings is 2. The number of hydrogen-bond donors (Lipinski definition) is 1. The van der Waals surface area contributed by atoms with E-state index in [1.807, 2.05) is 47.4 Å². The number of thioether (sulfide) groups is 1. The lowest BCUT2D eigenvalue weighted by atomic mass is 9.95. The fraction of sp³-hybridized carbons (Fsp3) is 0.452. The van der Waals surface area contributed by atoms with Crippen molar-refractivity contribution in [2.24, 2.45) is 9.98 Å². The average molecular weight is 573 g/mol. The number of para-hydroxylation sites is 2. The van der Waals surface area contributed by atoms with E-state index in [-0.39, 0.29) is 35.9 Å². The zero-order valence-electron chi connectivity index (χ0n) is 23.2. The monoisotopic (exact) mass is 572 g/mol. The second-order valence-electron chi connectivity index (χ2n) is 11.0. The molecule has 2 fully saturated rings. The van der Waals surface area contributed by atoms with Crippen LogP contribution < -0.4 is 10.2 Å². The Morgan fingerprint density at radius 3 is 2.44 bits per heavy atom. The van der Waals surface area contributed by atoms with Crippen LogP contribution in [-0.2, 0) is 14.4 Å². The number of fused-ring (bicyclic) bond motifs is 3. The Balaban J connectivity index is 1.08. The summed E-state index contributed by atoms with van der Waals surface area (Å²) in [6.45, 7) is 2.88. The van der Waals surface area contributed by atoms with E-state index < -0.39 is 6.04 Å². The Hall–Kier alpha value is -3.66. The molecule has 214 valence electrons. The summed E-state index contributed by atoms with van der Waals surface area (Å²) in [6, 6.07) is 17.5. The van der Waals surface area contributed by atoms with E-state index in [1.165, 1.54) is 23.9 Å². The van der Waals surface area contributed by atoms with Gasteiger partial charge < -0.3 is 15.1 Å². The predicted molar refractivity (Wildman–Crippen MR) is 163 cm³/mol. The molecule has 3 heterocycles. The summed E-state index contributed by atoms with van der Waals surface area (Å²) in [6.07, 6.45) is 6.20. The van der Waals surface area contributed by atoms with Crippen molar-refractivity contribution in [2.45, 2.75) is 57.0 Å². The lowest BCUT2D eigenvalue weighted by Crippen LogP contribution is -2.49. The highest BCUT2D eigenvalue weighted by molar-refractivity contribution is 8.14. The van der Waals surface area contributed by atoms with Crippen LogP contribution in [0.15, 0.2) is 64.6 Å². The van der Waals surface area contributed by atoms with E-state index in [9.17, 15) is 14.4 Å². The second-order valence-corrected chi connectivity index (χ2v) is 11.9. The van der Waals surface area contributed by atoms with Gasteiger partial charge in [0.15, 0.2) is 5.17 Å². The lowest BCUT2D eigenvalue weighted by molar-refractivity contribution is -0.129. The summed E-state index contributed by atoms with van der Waals surface area (Å²) < 4.78 is 0. The maximum absolute atomic E-state index is 13.6. The van der Waals surface area contributed by atoms with Crippen molar-refractivity contribution in [3.05, 3.63) is 60.2 Å². The molecule has 41 heavy (non-hydrogen) atoms. The molecule has 10 heteroatoms. The molecule has 1 saturated carbocycles. The van der Waals surface area contributed by atoms with Crippen LogP contribution in [0.1, 0.15) is 50.5 Å². The summed E-state index contributed by atoms with van der Waals surface area (Å²) in [4.78, 5) is 54.6. The number of carbonyl (C=O) groups is 3. The summed E-state index contributed by atoms with van der Waals surface area (Å²) in [5, 5.41) is 3.61. The second kappa shape index (κ2) is 12.5. The van der Waals surface area contributed by atoms with Crippen molar-refractivity contribution in [1.29, 1.82) is 0 Å². The largest absolute Gasteiger partial charge is 0.368 e. The molecule has 9 nitrogen and oxygen atoms in total. The van der Waals surface area contributed by atoms with Gasteiger partial charge in [-0.05, 0) is 43.5 Å². The topological polar surface area (TPSA) is 97.7 Å². The first kappa shape index (κ1) is 27.5. The van der Waals surface area contributed by atoms with Gasteiger partial charge in [0, 0.05) is 49.9 Å². The first-order valence-electron chi connectivity index (χ1n) is 14.7. The fourth-order valence-electron chi connectivity index (χ4n) is 5.97. The molecule has 0 radical (unpaired) electrons. The molecule has 3 aliphatic heterocycles. The summed E-state index contributed by atoms with van der Waals surface area (Å²) in [5.74, 6) is 0.583. The third kappa shape index (κ3) is 6.17. The van der Waals surface area contributed by atoms with Gasteiger partial charge in [0.05, 0.1) is 11.4 Å². The molecule has 2 aromatic carbocycles. The zero-order valence-corrected chi connectivity index (χ0v) is 24.0. The predicted octanol–water partition coefficient (Wildman–Crippen LogP) is 3.96. The number of rotatable bonds is 7. The van der Waals surface area contributed by atoms with E-state index in [2.05, 4.69) is 22.3 Å². The molecular weight excluding hydrogens is 536 g/mol. The third-order valence-electron chi connectivity index (χ3n) is 8.24. The Morgan fingerprint density at radius 2 is 1.66 bits per heavy atom. The molecular formula is C31H36N6O3S. The number of aliphatic imine (C=N–C) groups is 2. The van der Waals surface area contributed by atoms with Gasteiger partial charge in [0.25, 0.3) is 5.91 Å². The van der Waals surface area contributed by atoms with Gasteiger partial charge in [-0.2, -0.15) is 0 Å². The molecule has 4 aliphatic rings. The van der Waals surface area contributed by atoms with Crippen LogP contribution in [0.2, 0.25) is 0 Å². The quantitative estimate of drug-likeness (QED) is 0.542. The molecule has 1 atom stereocenters. The van der Waals surface area contributed by atoms with Crippen LogP contribution >= 0.6 is 11.8 Å². The molecule has 1 saturated heterocycles. The minimum Gasteiger partial charge on any atom is -0.368 e. The third-order valence-corrected chi connectivity index (χ3v) is 9.16. The van der Waals surface area contributed by atoms with E-state index in [0.717, 1.165) is 50.0 Å². The average Bonchev–Trinajstić information content (AvgIpc) is 3.36. The van der Waals surface area contributed by atoms with Crippen molar-refractivity contribution in [1.82, 2.24) is 15.1 Å². The molecule has 6 rings (SSSR count). The number of amides is 3. The normalized spacial score (nSPS) is 20.7. The van der Waals surface area contributed by atoms with Gasteiger partial charge in [-0.1, -0.05) is 61.4 Å². The Kier molecular flexibility index (Phi) is 8.36. The van der Waals surface area contributed by atoms with Crippen LogP contribution in [-0.4, -0.2) is 82.5 Å². The van der Waals surface area contributed by atoms with Gasteiger partial charge in [-0.3, -0.25) is 19.4 Å². The van der Waals surface area contributed by atoms with Crippen LogP contribution in [0, 0.1) is 0 Å². The SMILES string of the molecule is O=C(CC[C@@H]1N=C2c3ccccc3N=C(SCC(=O)N3CCN(c4ccccc4)CC3)N2C1=O)NC1CCCCC1. The van der Waals surface area contributed by atoms with Gasteiger partial charge in [0.2, 0.25) is 11.8 Å². The first-order valence-corrected chi connectivity index (χ1v) is 15.6. The molecule has 0 spiro atoms. The Morgan fingerprint density at radius 1 is 0.927 bits per heavy atom. The molecule has 1 aliphatic carbocycles. The number of hydrogen-bond acceptors (Lipinski definition) is 7. The Bertz CT molecular complexity index is 1350. The molecule has 0 unspecified atom stereocenters. The van der Waals surface area contributed by atoms with Gasteiger partial charge >= 0.3 is 0 Å². The summed E-state index contributed by atoms with van der Waals surface area (Å²) >= 11 is 1.28. The van der Waals surface area contributed by atoms with Crippen LogP contribution in [0.4, 0.5) is 11.4 Å². The van der Waals surface area contributed by atoms with Crippen molar-refractivity contribution < 1.29 is 14.4 Å². The maximum atomic E-state index is 13.6. The smallest absolute Gasteiger partial charge is 0.259 e. The summed E-state index contributed by atoms with van der Waals surface area (Å²) in [7, 11) is 0. The number of piperazine rings is 1. The van der Waals surface area contributed by atoms with E-state index in [4.69, 9.17) is 9.98 Å². The number of carbonyl (C=O) groups excluding carboxylic acids is 3. The number of amidine groups is 2. The minimum atomic E-state index is -0.638. The fourth-order valence-corrected chi connectivity index (χ4v) is 6.88. The summed E-state index contributed by atoms with van der Waals surface area (Å²) in [5.41, 5.74) is 2.70. The van der Waals surface area contributed by atoms with Gasteiger partial charge in [0.1, 0.15) is 11.9 Å². The number of nitrogens with zero attached hydrogens (tertiary/aromatic N) is 5. The Labute approximate surface area is 245 Å². The molecule has 0 bridgehead atoms. The molecule has 3 amide bonds. The molecule has 2 aromatic rings. The maximum Gasteiger partial charge on any atom is 0.259 e. The molecule has 1 N–H and O–H groups in total. The number of nitrogens with one attached hydrogen (secondary N) is 1. The van der Waals surface area contributed by atoms with Crippen LogP contribution in [0.25, 0.3) is 0 Å². The van der Waals surface area contributed by atoms with Crippen molar-refractivity contribution >= 4 is 51.9 Å². The van der Waals surface area contributed by atoms with E-state index in [0.29, 0.717) is 30.5 Å². The molecule has 0 aromatic heterocycles. The van der Waals surface area contributed by atoms with Crippen LogP contribution in [0.5, 0.6) is 0 Å². The zero-order chi connectivity index (χ0) is 28.2. The lowest BCUT2D eigenvalue weighted by Gasteiger charge is -2.36. The first-order chi connectivity index (χ1) is 20.1. The van der Waals surface area contributed by atoms with Crippen molar-refractivity contribution in [3.63, 3.8) is 0 Å². The number of anilines is 1. The highest BCUT2D eigenvalue weighted by Crippen LogP contribution is 2.34. The highest BCUT2D eigenvalue weighted by atomic mass is 32.2. The van der Waals surface area contributed by atoms with Crippen molar-refractivity contribution in [3.8, 4) is 0 Å².